The standard InChI is InChI=1S/C21H25N5O3S2/c1-15-6-7-17(31-15)21(28)22-14-19(27)26-11-9-25(10-12-26)8-2-5-18-23-20(24-29-18)16-4-3-13-30-16/h3-4,6-7,13H,2,5,8-12,14H2,1H3,(H,22,28). The van der Waals surface area contributed by atoms with Crippen molar-refractivity contribution in [1.29, 1.82) is 0 Å². The maximum Gasteiger partial charge on any atom is 0.261 e. The maximum absolute atomic E-state index is 12.4. The number of amides is 2. The van der Waals surface area contributed by atoms with Gasteiger partial charge in [-0.3, -0.25) is 14.5 Å². The zero-order valence-corrected chi connectivity index (χ0v) is 19.0. The van der Waals surface area contributed by atoms with Crippen molar-refractivity contribution in [2.75, 3.05) is 39.3 Å². The summed E-state index contributed by atoms with van der Waals surface area (Å²) in [6, 6.07) is 7.64. The third-order valence-electron chi connectivity index (χ3n) is 5.16. The van der Waals surface area contributed by atoms with Crippen molar-refractivity contribution in [3.05, 3.63) is 45.3 Å². The molecule has 1 saturated heterocycles. The quantitative estimate of drug-likeness (QED) is 0.557. The number of nitrogens with zero attached hydrogens (tertiary/aromatic N) is 4. The Morgan fingerprint density at radius 1 is 1.19 bits per heavy atom. The molecule has 4 heterocycles. The van der Waals surface area contributed by atoms with Crippen LogP contribution in [-0.4, -0.2) is 71.0 Å². The molecule has 0 spiro atoms. The lowest BCUT2D eigenvalue weighted by Crippen LogP contribution is -2.51. The number of thiophene rings is 2. The SMILES string of the molecule is Cc1ccc(C(=O)NCC(=O)N2CCN(CCCc3nc(-c4cccs4)no3)CC2)s1. The van der Waals surface area contributed by atoms with E-state index in [0.29, 0.717) is 29.7 Å². The molecule has 1 N–H and O–H groups in total. The minimum absolute atomic E-state index is 0.0340. The van der Waals surface area contributed by atoms with E-state index in [1.807, 2.05) is 35.4 Å². The maximum atomic E-state index is 12.4. The van der Waals surface area contributed by atoms with E-state index in [1.54, 1.807) is 17.4 Å². The number of piperazine rings is 1. The lowest BCUT2D eigenvalue weighted by Gasteiger charge is -2.34. The highest BCUT2D eigenvalue weighted by Crippen LogP contribution is 2.21. The molecular weight excluding hydrogens is 434 g/mol. The Morgan fingerprint density at radius 2 is 2.03 bits per heavy atom. The van der Waals surface area contributed by atoms with E-state index < -0.39 is 0 Å². The molecular formula is C21H25N5O3S2. The number of aromatic nitrogens is 2. The van der Waals surface area contributed by atoms with Gasteiger partial charge in [-0.2, -0.15) is 4.98 Å². The predicted octanol–water partition coefficient (Wildman–Crippen LogP) is 2.67. The summed E-state index contributed by atoms with van der Waals surface area (Å²) in [4.78, 5) is 35.9. The summed E-state index contributed by atoms with van der Waals surface area (Å²) in [5.41, 5.74) is 0. The molecule has 164 valence electrons. The largest absolute Gasteiger partial charge is 0.342 e. The van der Waals surface area contributed by atoms with Crippen molar-refractivity contribution < 1.29 is 14.1 Å². The van der Waals surface area contributed by atoms with Crippen LogP contribution < -0.4 is 5.32 Å². The Morgan fingerprint density at radius 3 is 2.74 bits per heavy atom. The molecule has 0 bridgehead atoms. The van der Waals surface area contributed by atoms with Crippen molar-refractivity contribution in [3.8, 4) is 10.7 Å². The third-order valence-corrected chi connectivity index (χ3v) is 7.03. The van der Waals surface area contributed by atoms with Crippen LogP contribution in [0, 0.1) is 6.92 Å². The average Bonchev–Trinajstić information content (AvgIpc) is 3.54. The first kappa shape index (κ1) is 21.7. The number of hydrogen-bond acceptors (Lipinski definition) is 8. The topological polar surface area (TPSA) is 91.6 Å². The Bertz CT molecular complexity index is 1010. The molecule has 4 rings (SSSR count). The number of carbonyl (C=O) groups is 2. The first-order valence-electron chi connectivity index (χ1n) is 10.3. The van der Waals surface area contributed by atoms with Crippen LogP contribution in [0.3, 0.4) is 0 Å². The monoisotopic (exact) mass is 459 g/mol. The highest BCUT2D eigenvalue weighted by Gasteiger charge is 2.21. The van der Waals surface area contributed by atoms with Crippen molar-refractivity contribution in [1.82, 2.24) is 25.3 Å². The molecule has 0 aromatic carbocycles. The smallest absolute Gasteiger partial charge is 0.261 e. The molecule has 31 heavy (non-hydrogen) atoms. The van der Waals surface area contributed by atoms with Gasteiger partial charge in [0.25, 0.3) is 5.91 Å². The van der Waals surface area contributed by atoms with Crippen LogP contribution in [-0.2, 0) is 11.2 Å². The van der Waals surface area contributed by atoms with Crippen molar-refractivity contribution >= 4 is 34.5 Å². The normalized spacial score (nSPS) is 14.7. The Balaban J connectivity index is 1.13. The van der Waals surface area contributed by atoms with Gasteiger partial charge in [0.2, 0.25) is 17.6 Å². The summed E-state index contributed by atoms with van der Waals surface area (Å²) in [7, 11) is 0. The summed E-state index contributed by atoms with van der Waals surface area (Å²) in [6.07, 6.45) is 1.67. The highest BCUT2D eigenvalue weighted by molar-refractivity contribution is 7.14. The van der Waals surface area contributed by atoms with Gasteiger partial charge in [0.1, 0.15) is 0 Å². The van der Waals surface area contributed by atoms with E-state index in [9.17, 15) is 9.59 Å². The van der Waals surface area contributed by atoms with E-state index in [1.165, 1.54) is 11.3 Å². The Hall–Kier alpha value is -2.56. The van der Waals surface area contributed by atoms with Crippen molar-refractivity contribution in [2.45, 2.75) is 19.8 Å². The average molecular weight is 460 g/mol. The van der Waals surface area contributed by atoms with Gasteiger partial charge in [-0.15, -0.1) is 22.7 Å². The first-order chi connectivity index (χ1) is 15.1. The Kier molecular flexibility index (Phi) is 7.10. The minimum Gasteiger partial charge on any atom is -0.342 e. The molecule has 8 nitrogen and oxygen atoms in total. The summed E-state index contributed by atoms with van der Waals surface area (Å²) in [6.45, 7) is 5.93. The molecule has 3 aromatic heterocycles. The molecule has 0 unspecified atom stereocenters. The van der Waals surface area contributed by atoms with Gasteiger partial charge in [-0.25, -0.2) is 0 Å². The van der Waals surface area contributed by atoms with Crippen LogP contribution in [0.2, 0.25) is 0 Å². The van der Waals surface area contributed by atoms with Gasteiger partial charge in [0.15, 0.2) is 0 Å². The fraction of sp³-hybridized carbons (Fsp3) is 0.429. The second-order valence-electron chi connectivity index (χ2n) is 7.41. The van der Waals surface area contributed by atoms with Crippen LogP contribution in [0.1, 0.15) is 26.9 Å². The van der Waals surface area contributed by atoms with Crippen molar-refractivity contribution in [3.63, 3.8) is 0 Å². The van der Waals surface area contributed by atoms with E-state index in [-0.39, 0.29) is 18.4 Å². The lowest BCUT2D eigenvalue weighted by molar-refractivity contribution is -0.131. The summed E-state index contributed by atoms with van der Waals surface area (Å²) >= 11 is 3.03. The third kappa shape index (κ3) is 5.78. The van der Waals surface area contributed by atoms with E-state index >= 15 is 0 Å². The molecule has 10 heteroatoms. The first-order valence-corrected chi connectivity index (χ1v) is 12.0. The molecule has 0 saturated carbocycles. The molecule has 2 amide bonds. The summed E-state index contributed by atoms with van der Waals surface area (Å²) < 4.78 is 5.35. The Labute approximate surface area is 188 Å². The minimum atomic E-state index is -0.187. The zero-order chi connectivity index (χ0) is 21.6. The van der Waals surface area contributed by atoms with Gasteiger partial charge < -0.3 is 14.7 Å². The predicted molar refractivity (Wildman–Crippen MR) is 120 cm³/mol. The van der Waals surface area contributed by atoms with Gasteiger partial charge in [-0.05, 0) is 43.5 Å². The summed E-state index contributed by atoms with van der Waals surface area (Å²) in [5.74, 6) is 1.09. The van der Waals surface area contributed by atoms with Gasteiger partial charge in [-0.1, -0.05) is 11.2 Å². The van der Waals surface area contributed by atoms with E-state index in [0.717, 1.165) is 42.2 Å². The number of hydrogen-bond donors (Lipinski definition) is 1. The van der Waals surface area contributed by atoms with Crippen molar-refractivity contribution in [2.24, 2.45) is 0 Å². The van der Waals surface area contributed by atoms with Gasteiger partial charge >= 0.3 is 0 Å². The van der Waals surface area contributed by atoms with Gasteiger partial charge in [0, 0.05) is 37.5 Å². The van der Waals surface area contributed by atoms with Crippen LogP contribution in [0.4, 0.5) is 0 Å². The fourth-order valence-corrected chi connectivity index (χ4v) is 4.88. The summed E-state index contributed by atoms with van der Waals surface area (Å²) in [5, 5.41) is 8.76. The number of nitrogens with one attached hydrogen (secondary N) is 1. The van der Waals surface area contributed by atoms with E-state index in [4.69, 9.17) is 4.52 Å². The molecule has 0 aliphatic carbocycles. The fourth-order valence-electron chi connectivity index (χ4n) is 3.45. The second kappa shape index (κ2) is 10.2. The molecule has 1 aliphatic rings. The van der Waals surface area contributed by atoms with Crippen LogP contribution in [0.15, 0.2) is 34.2 Å². The molecule has 3 aromatic rings. The van der Waals surface area contributed by atoms with Crippen LogP contribution in [0.25, 0.3) is 10.7 Å². The zero-order valence-electron chi connectivity index (χ0n) is 17.4. The second-order valence-corrected chi connectivity index (χ2v) is 9.64. The number of rotatable bonds is 8. The lowest BCUT2D eigenvalue weighted by atomic mass is 10.2. The molecule has 1 fully saturated rings. The molecule has 0 atom stereocenters. The van der Waals surface area contributed by atoms with Crippen LogP contribution in [0.5, 0.6) is 0 Å². The van der Waals surface area contributed by atoms with E-state index in [2.05, 4.69) is 20.4 Å². The van der Waals surface area contributed by atoms with Gasteiger partial charge in [0.05, 0.1) is 16.3 Å². The highest BCUT2D eigenvalue weighted by atomic mass is 32.1. The van der Waals surface area contributed by atoms with Crippen LogP contribution >= 0.6 is 22.7 Å². The molecule has 1 aliphatic heterocycles. The number of carbonyl (C=O) groups excluding carboxylic acids is 2. The molecule has 0 radical (unpaired) electrons. The number of aryl methyl sites for hydroxylation is 2.